The van der Waals surface area contributed by atoms with Gasteiger partial charge < -0.3 is 5.32 Å². The van der Waals surface area contributed by atoms with Crippen molar-refractivity contribution < 1.29 is 4.79 Å². The van der Waals surface area contributed by atoms with E-state index in [1.807, 2.05) is 18.2 Å². The predicted molar refractivity (Wildman–Crippen MR) is 87.7 cm³/mol. The summed E-state index contributed by atoms with van der Waals surface area (Å²) in [6.07, 6.45) is 3.63. The Bertz CT molecular complexity index is 499. The Balaban J connectivity index is 1.98. The van der Waals surface area contributed by atoms with Crippen molar-refractivity contribution >= 4 is 29.1 Å². The van der Waals surface area contributed by atoms with E-state index in [9.17, 15) is 4.79 Å². The summed E-state index contributed by atoms with van der Waals surface area (Å²) in [5.74, 6) is 0.129. The Morgan fingerprint density at radius 3 is 2.81 bits per heavy atom. The molecule has 21 heavy (non-hydrogen) atoms. The number of rotatable bonds is 5. The highest BCUT2D eigenvalue weighted by Crippen LogP contribution is 2.27. The molecule has 1 fully saturated rings. The van der Waals surface area contributed by atoms with Gasteiger partial charge in [-0.1, -0.05) is 35.3 Å². The van der Waals surface area contributed by atoms with Crippen molar-refractivity contribution in [2.75, 3.05) is 19.6 Å². The first-order valence-electron chi connectivity index (χ1n) is 7.15. The molecular weight excluding hydrogens is 307 g/mol. The summed E-state index contributed by atoms with van der Waals surface area (Å²) in [6.45, 7) is 6.52. The Hall–Kier alpha value is -1.03. The van der Waals surface area contributed by atoms with Crippen LogP contribution in [0.1, 0.15) is 18.4 Å². The Kier molecular flexibility index (Phi) is 6.09. The van der Waals surface area contributed by atoms with Crippen LogP contribution in [0.15, 0.2) is 30.9 Å². The van der Waals surface area contributed by atoms with Gasteiger partial charge in [0.25, 0.3) is 0 Å². The number of hydrogen-bond donors (Lipinski definition) is 1. The zero-order valence-electron chi connectivity index (χ0n) is 11.9. The first-order valence-corrected chi connectivity index (χ1v) is 7.91. The maximum Gasteiger partial charge on any atom is 0.224 e. The number of nitrogens with one attached hydrogen (secondary N) is 1. The molecule has 0 aliphatic carbocycles. The first-order chi connectivity index (χ1) is 10.1. The van der Waals surface area contributed by atoms with Crippen molar-refractivity contribution in [3.8, 4) is 0 Å². The molecule has 2 rings (SSSR count). The second-order valence-electron chi connectivity index (χ2n) is 5.31. The van der Waals surface area contributed by atoms with Crippen LogP contribution in [0.25, 0.3) is 0 Å². The van der Waals surface area contributed by atoms with Gasteiger partial charge in [0.05, 0.1) is 5.92 Å². The monoisotopic (exact) mass is 326 g/mol. The third kappa shape index (κ3) is 4.47. The van der Waals surface area contributed by atoms with E-state index in [0.717, 1.165) is 31.5 Å². The second-order valence-corrected chi connectivity index (χ2v) is 6.12. The van der Waals surface area contributed by atoms with Gasteiger partial charge in [-0.05, 0) is 31.5 Å². The first kappa shape index (κ1) is 16.3. The minimum absolute atomic E-state index is 0.0277. The Labute approximate surface area is 135 Å². The lowest BCUT2D eigenvalue weighted by atomic mass is 9.96. The molecule has 1 amide bonds. The highest BCUT2D eigenvalue weighted by molar-refractivity contribution is 6.35. The highest BCUT2D eigenvalue weighted by Gasteiger charge is 2.26. The van der Waals surface area contributed by atoms with Gasteiger partial charge in [-0.25, -0.2) is 0 Å². The van der Waals surface area contributed by atoms with E-state index in [0.29, 0.717) is 23.1 Å². The number of benzene rings is 1. The minimum atomic E-state index is 0.0277. The van der Waals surface area contributed by atoms with Gasteiger partial charge in [0.1, 0.15) is 0 Å². The fraction of sp³-hybridized carbons (Fsp3) is 0.438. The quantitative estimate of drug-likeness (QED) is 0.840. The zero-order chi connectivity index (χ0) is 15.2. The molecule has 0 spiro atoms. The van der Waals surface area contributed by atoms with Gasteiger partial charge in [-0.15, -0.1) is 6.58 Å². The molecule has 1 atom stereocenters. The van der Waals surface area contributed by atoms with Crippen LogP contribution in [-0.2, 0) is 11.3 Å². The highest BCUT2D eigenvalue weighted by atomic mass is 35.5. The number of likely N-dealkylation sites (tertiary alicyclic amines) is 1. The van der Waals surface area contributed by atoms with Crippen LogP contribution in [0.2, 0.25) is 10.0 Å². The fourth-order valence-corrected chi connectivity index (χ4v) is 3.15. The number of hydrogen-bond acceptors (Lipinski definition) is 2. The van der Waals surface area contributed by atoms with Crippen molar-refractivity contribution in [2.45, 2.75) is 19.4 Å². The molecule has 0 aromatic heterocycles. The van der Waals surface area contributed by atoms with Crippen LogP contribution in [0.4, 0.5) is 0 Å². The van der Waals surface area contributed by atoms with Crippen LogP contribution in [0.3, 0.4) is 0 Å². The molecule has 0 bridgehead atoms. The smallest absolute Gasteiger partial charge is 0.224 e. The largest absolute Gasteiger partial charge is 0.352 e. The molecule has 1 aromatic rings. The number of amides is 1. The number of carbonyl (C=O) groups excluding carboxylic acids is 1. The third-order valence-corrected chi connectivity index (χ3v) is 4.45. The van der Waals surface area contributed by atoms with E-state index in [4.69, 9.17) is 23.2 Å². The van der Waals surface area contributed by atoms with Crippen molar-refractivity contribution in [1.82, 2.24) is 10.2 Å². The van der Waals surface area contributed by atoms with Crippen molar-refractivity contribution in [3.05, 3.63) is 46.5 Å². The standard InChI is InChI=1S/C16H20Cl2N2O/c1-2-8-19-16(21)12-5-4-9-20(10-12)11-13-14(17)6-3-7-15(13)18/h2-3,6-7,12H,1,4-5,8-11H2,(H,19,21)/t12-/m1/s1. The molecule has 114 valence electrons. The molecule has 1 aromatic carbocycles. The van der Waals surface area contributed by atoms with Crippen LogP contribution >= 0.6 is 23.2 Å². The molecule has 0 unspecified atom stereocenters. The van der Waals surface area contributed by atoms with Gasteiger partial charge in [-0.2, -0.15) is 0 Å². The van der Waals surface area contributed by atoms with E-state index in [2.05, 4.69) is 16.8 Å². The number of halogens is 2. The maximum atomic E-state index is 12.1. The van der Waals surface area contributed by atoms with Crippen molar-refractivity contribution in [2.24, 2.45) is 5.92 Å². The van der Waals surface area contributed by atoms with Gasteiger partial charge >= 0.3 is 0 Å². The number of nitrogens with zero attached hydrogens (tertiary/aromatic N) is 1. The molecule has 1 N–H and O–H groups in total. The van der Waals surface area contributed by atoms with Gasteiger partial charge in [-0.3, -0.25) is 9.69 Å². The second kappa shape index (κ2) is 7.83. The molecule has 0 radical (unpaired) electrons. The summed E-state index contributed by atoms with van der Waals surface area (Å²) in [6, 6.07) is 5.54. The summed E-state index contributed by atoms with van der Waals surface area (Å²) in [5.41, 5.74) is 0.938. The van der Waals surface area contributed by atoms with Crippen molar-refractivity contribution in [3.63, 3.8) is 0 Å². The average Bonchev–Trinajstić information content (AvgIpc) is 2.49. The summed E-state index contributed by atoms with van der Waals surface area (Å²) in [7, 11) is 0. The minimum Gasteiger partial charge on any atom is -0.352 e. The van der Waals surface area contributed by atoms with Crippen LogP contribution in [-0.4, -0.2) is 30.4 Å². The number of carbonyl (C=O) groups is 1. The lowest BCUT2D eigenvalue weighted by Gasteiger charge is -2.32. The lowest BCUT2D eigenvalue weighted by molar-refractivity contribution is -0.126. The van der Waals surface area contributed by atoms with E-state index >= 15 is 0 Å². The van der Waals surface area contributed by atoms with Crippen LogP contribution in [0.5, 0.6) is 0 Å². The normalized spacial score (nSPS) is 19.2. The topological polar surface area (TPSA) is 32.3 Å². The predicted octanol–water partition coefficient (Wildman–Crippen LogP) is 3.51. The Morgan fingerprint density at radius 2 is 2.14 bits per heavy atom. The summed E-state index contributed by atoms with van der Waals surface area (Å²) < 4.78 is 0. The van der Waals surface area contributed by atoms with E-state index < -0.39 is 0 Å². The number of piperidine rings is 1. The molecule has 5 heteroatoms. The molecule has 1 saturated heterocycles. The third-order valence-electron chi connectivity index (χ3n) is 3.74. The van der Waals surface area contributed by atoms with Gasteiger partial charge in [0, 0.05) is 35.2 Å². The van der Waals surface area contributed by atoms with E-state index in [1.165, 1.54) is 0 Å². The summed E-state index contributed by atoms with van der Waals surface area (Å²) >= 11 is 12.4. The van der Waals surface area contributed by atoms with Crippen LogP contribution in [0, 0.1) is 5.92 Å². The molecule has 1 aliphatic heterocycles. The molecule has 3 nitrogen and oxygen atoms in total. The molecule has 0 saturated carbocycles. The SMILES string of the molecule is C=CCNC(=O)[C@@H]1CCCN(Cc2c(Cl)cccc2Cl)C1. The van der Waals surface area contributed by atoms with E-state index in [-0.39, 0.29) is 11.8 Å². The molecule has 1 aliphatic rings. The van der Waals surface area contributed by atoms with Crippen LogP contribution < -0.4 is 5.32 Å². The van der Waals surface area contributed by atoms with Gasteiger partial charge in [0.15, 0.2) is 0 Å². The maximum absolute atomic E-state index is 12.1. The fourth-order valence-electron chi connectivity index (χ4n) is 2.64. The summed E-state index contributed by atoms with van der Waals surface area (Å²) in [5, 5.41) is 4.24. The van der Waals surface area contributed by atoms with Gasteiger partial charge in [0.2, 0.25) is 5.91 Å². The zero-order valence-corrected chi connectivity index (χ0v) is 13.5. The Morgan fingerprint density at radius 1 is 1.43 bits per heavy atom. The molecular formula is C16H20Cl2N2O. The van der Waals surface area contributed by atoms with E-state index in [1.54, 1.807) is 6.08 Å². The van der Waals surface area contributed by atoms with Crippen molar-refractivity contribution in [1.29, 1.82) is 0 Å². The average molecular weight is 327 g/mol. The molecule has 1 heterocycles. The lowest BCUT2D eigenvalue weighted by Crippen LogP contribution is -2.42. The summed E-state index contributed by atoms with van der Waals surface area (Å²) in [4.78, 5) is 14.3.